The van der Waals surface area contributed by atoms with Gasteiger partial charge in [0, 0.05) is 29.1 Å². The van der Waals surface area contributed by atoms with E-state index in [2.05, 4.69) is 4.98 Å². The van der Waals surface area contributed by atoms with E-state index in [9.17, 15) is 24.3 Å². The van der Waals surface area contributed by atoms with Crippen molar-refractivity contribution < 1.29 is 29.0 Å². The standard InChI is InChI=1S/C27H29N3O7S2/c1-11(24(32)29-5-7-37-8-6-29)30-25(33)19-13-10-14(20(19)26(30)34)21-18(13)17(22-23(38-21)28-27(35)39-22)12-3-4-15(31)16(9-12)36-2/h3-4,9,11,13-14,17-21,31H,5-8,10H2,1-2H3,(H,28,35). The first-order valence-electron chi connectivity index (χ1n) is 13.3. The molecule has 7 rings (SSSR count). The molecule has 1 aromatic carbocycles. The van der Waals surface area contributed by atoms with E-state index >= 15 is 0 Å². The number of aromatic hydroxyl groups is 1. The summed E-state index contributed by atoms with van der Waals surface area (Å²) in [5.74, 6) is -1.47. The van der Waals surface area contributed by atoms with Gasteiger partial charge in [0.25, 0.3) is 0 Å². The number of aromatic amines is 1. The largest absolute Gasteiger partial charge is 0.504 e. The Morgan fingerprint density at radius 2 is 1.87 bits per heavy atom. The van der Waals surface area contributed by atoms with Crippen molar-refractivity contribution in [2.24, 2.45) is 29.6 Å². The second-order valence-electron chi connectivity index (χ2n) is 11.1. The van der Waals surface area contributed by atoms with Crippen molar-refractivity contribution in [3.05, 3.63) is 38.3 Å². The molecule has 2 N–H and O–H groups in total. The predicted octanol–water partition coefficient (Wildman–Crippen LogP) is 1.87. The summed E-state index contributed by atoms with van der Waals surface area (Å²) in [5, 5.41) is 11.1. The van der Waals surface area contributed by atoms with Crippen molar-refractivity contribution in [1.82, 2.24) is 14.8 Å². The zero-order chi connectivity index (χ0) is 27.2. The number of carbonyl (C=O) groups excluding carboxylic acids is 3. The van der Waals surface area contributed by atoms with Crippen LogP contribution in [-0.2, 0) is 19.1 Å². The van der Waals surface area contributed by atoms with E-state index in [4.69, 9.17) is 9.47 Å². The highest BCUT2D eigenvalue weighted by atomic mass is 32.2. The zero-order valence-corrected chi connectivity index (χ0v) is 23.1. The smallest absolute Gasteiger partial charge is 0.305 e. The molecule has 2 saturated heterocycles. The molecule has 2 saturated carbocycles. The van der Waals surface area contributed by atoms with Crippen molar-refractivity contribution in [3.63, 3.8) is 0 Å². The molecule has 4 heterocycles. The number of morpholine rings is 1. The number of carbonyl (C=O) groups is 3. The van der Waals surface area contributed by atoms with E-state index in [1.54, 1.807) is 29.7 Å². The van der Waals surface area contributed by atoms with E-state index < -0.39 is 17.9 Å². The lowest BCUT2D eigenvalue weighted by atomic mass is 9.68. The predicted molar refractivity (Wildman–Crippen MR) is 142 cm³/mol. The van der Waals surface area contributed by atoms with E-state index in [1.165, 1.54) is 23.3 Å². The average molecular weight is 572 g/mol. The lowest BCUT2D eigenvalue weighted by Gasteiger charge is -2.43. The highest BCUT2D eigenvalue weighted by Crippen LogP contribution is 2.68. The fourth-order valence-electron chi connectivity index (χ4n) is 7.84. The number of fused-ring (bicyclic) bond motifs is 9. The fraction of sp³-hybridized carbons (Fsp3) is 0.556. The molecule has 0 spiro atoms. The van der Waals surface area contributed by atoms with E-state index in [0.29, 0.717) is 32.1 Å². The maximum Gasteiger partial charge on any atom is 0.305 e. The summed E-state index contributed by atoms with van der Waals surface area (Å²) in [4.78, 5) is 60.1. The molecule has 0 radical (unpaired) electrons. The number of thiazole rings is 1. The first-order chi connectivity index (χ1) is 18.8. The van der Waals surface area contributed by atoms with Gasteiger partial charge >= 0.3 is 4.87 Å². The number of rotatable bonds is 4. The molecule has 206 valence electrons. The Labute approximate surface area is 232 Å². The number of aromatic nitrogens is 1. The quantitative estimate of drug-likeness (QED) is 0.533. The van der Waals surface area contributed by atoms with Crippen LogP contribution in [-0.4, -0.2) is 82.3 Å². The summed E-state index contributed by atoms with van der Waals surface area (Å²) in [7, 11) is 1.50. The van der Waals surface area contributed by atoms with Gasteiger partial charge in [0.2, 0.25) is 17.7 Å². The second-order valence-corrected chi connectivity index (χ2v) is 13.3. The third-order valence-electron chi connectivity index (χ3n) is 9.39. The molecule has 8 unspecified atom stereocenters. The molecule has 10 nitrogen and oxygen atoms in total. The minimum absolute atomic E-state index is 0.0244. The zero-order valence-electron chi connectivity index (χ0n) is 21.5. The molecule has 2 aromatic rings. The Morgan fingerprint density at radius 1 is 1.15 bits per heavy atom. The number of likely N-dealkylation sites (tertiary alicyclic amines) is 1. The maximum atomic E-state index is 13.9. The van der Waals surface area contributed by atoms with Crippen molar-refractivity contribution in [1.29, 1.82) is 0 Å². The van der Waals surface area contributed by atoms with Crippen LogP contribution >= 0.6 is 23.1 Å². The molecule has 1 aromatic heterocycles. The molecule has 5 aliphatic rings. The number of hydrogen-bond donors (Lipinski definition) is 2. The molecule has 2 bridgehead atoms. The minimum atomic E-state index is -0.849. The molecular weight excluding hydrogens is 542 g/mol. The summed E-state index contributed by atoms with van der Waals surface area (Å²) >= 11 is 2.80. The molecule has 3 aliphatic heterocycles. The molecule has 3 amide bonds. The molecule has 8 atom stereocenters. The van der Waals surface area contributed by atoms with Crippen molar-refractivity contribution in [2.75, 3.05) is 33.4 Å². The van der Waals surface area contributed by atoms with E-state index in [0.717, 1.165) is 21.9 Å². The summed E-state index contributed by atoms with van der Waals surface area (Å²) in [6, 6.07) is 4.41. The monoisotopic (exact) mass is 571 g/mol. The van der Waals surface area contributed by atoms with Gasteiger partial charge in [-0.3, -0.25) is 24.1 Å². The number of imide groups is 1. The number of phenols is 1. The summed E-state index contributed by atoms with van der Waals surface area (Å²) < 4.78 is 10.7. The number of nitrogens with zero attached hydrogens (tertiary/aromatic N) is 2. The fourth-order valence-corrected chi connectivity index (χ4v) is 10.7. The lowest BCUT2D eigenvalue weighted by Crippen LogP contribution is -2.52. The normalized spacial score (nSPS) is 33.6. The van der Waals surface area contributed by atoms with Crippen LogP contribution in [0.15, 0.2) is 28.0 Å². The van der Waals surface area contributed by atoms with E-state index in [-0.39, 0.29) is 57.3 Å². The van der Waals surface area contributed by atoms with Crippen LogP contribution in [0.3, 0.4) is 0 Å². The molecule has 12 heteroatoms. The number of nitrogens with one attached hydrogen (secondary N) is 1. The van der Waals surface area contributed by atoms with Gasteiger partial charge in [-0.15, -0.1) is 11.8 Å². The molecule has 39 heavy (non-hydrogen) atoms. The van der Waals surface area contributed by atoms with Gasteiger partial charge in [0.15, 0.2) is 11.5 Å². The number of ether oxygens (including phenoxy) is 2. The lowest BCUT2D eigenvalue weighted by molar-refractivity contribution is -0.153. The Balaban J connectivity index is 1.25. The van der Waals surface area contributed by atoms with Crippen molar-refractivity contribution >= 4 is 40.8 Å². The Kier molecular flexibility index (Phi) is 5.87. The van der Waals surface area contributed by atoms with Crippen molar-refractivity contribution in [2.45, 2.75) is 35.6 Å². The Hall–Kier alpha value is -2.83. The highest BCUT2D eigenvalue weighted by molar-refractivity contribution is 8.00. The van der Waals surface area contributed by atoms with Crippen LogP contribution in [0.2, 0.25) is 0 Å². The number of benzene rings is 1. The SMILES string of the molecule is COc1cc(C2c3sc(=O)[nH]c3SC3C4CC(C5C(=O)N(C(C)C(=O)N6CCOCC6)C(=O)C45)C23)ccc1O. The van der Waals surface area contributed by atoms with Crippen LogP contribution in [0.4, 0.5) is 0 Å². The van der Waals surface area contributed by atoms with E-state index in [1.807, 2.05) is 12.1 Å². The first kappa shape index (κ1) is 25.2. The third kappa shape index (κ3) is 3.57. The number of hydrogen-bond acceptors (Lipinski definition) is 9. The van der Waals surface area contributed by atoms with Crippen LogP contribution in [0.5, 0.6) is 11.5 Å². The van der Waals surface area contributed by atoms with Crippen LogP contribution < -0.4 is 9.61 Å². The van der Waals surface area contributed by atoms with Crippen LogP contribution in [0, 0.1) is 29.6 Å². The molecule has 4 fully saturated rings. The molecular formula is C27H29N3O7S2. The second kappa shape index (κ2) is 9.10. The molecule has 2 aliphatic carbocycles. The number of methoxy groups -OCH3 is 1. The minimum Gasteiger partial charge on any atom is -0.504 e. The van der Waals surface area contributed by atoms with Gasteiger partial charge in [0.05, 0.1) is 37.2 Å². The van der Waals surface area contributed by atoms with Gasteiger partial charge in [0.1, 0.15) is 6.04 Å². The first-order valence-corrected chi connectivity index (χ1v) is 15.0. The topological polar surface area (TPSA) is 129 Å². The van der Waals surface area contributed by atoms with Crippen LogP contribution in [0.25, 0.3) is 0 Å². The van der Waals surface area contributed by atoms with Gasteiger partial charge in [-0.05, 0) is 48.8 Å². The number of amides is 3. The van der Waals surface area contributed by atoms with Crippen LogP contribution in [0.1, 0.15) is 29.7 Å². The summed E-state index contributed by atoms with van der Waals surface area (Å²) in [5.41, 5.74) is 0.907. The third-order valence-corrected chi connectivity index (χ3v) is 12.0. The van der Waals surface area contributed by atoms with Gasteiger partial charge in [-0.1, -0.05) is 17.4 Å². The van der Waals surface area contributed by atoms with Gasteiger partial charge < -0.3 is 24.5 Å². The van der Waals surface area contributed by atoms with Gasteiger partial charge in [-0.25, -0.2) is 0 Å². The number of H-pyrrole nitrogens is 1. The average Bonchev–Trinajstić information content (AvgIpc) is 3.67. The Morgan fingerprint density at radius 3 is 2.59 bits per heavy atom. The maximum absolute atomic E-state index is 13.9. The summed E-state index contributed by atoms with van der Waals surface area (Å²) in [6.45, 7) is 3.47. The summed E-state index contributed by atoms with van der Waals surface area (Å²) in [6.07, 6.45) is 0.764. The highest BCUT2D eigenvalue weighted by Gasteiger charge is 2.70. The van der Waals surface area contributed by atoms with Crippen molar-refractivity contribution in [3.8, 4) is 11.5 Å². The number of phenolic OH excluding ortho intramolecular Hbond substituents is 1. The number of thioether (sulfide) groups is 1. The van der Waals surface area contributed by atoms with Gasteiger partial charge in [-0.2, -0.15) is 0 Å². The Bertz CT molecular complexity index is 1430.